The lowest BCUT2D eigenvalue weighted by atomic mass is 10.0. The van der Waals surface area contributed by atoms with Gasteiger partial charge in [-0.05, 0) is 72.3 Å². The van der Waals surface area contributed by atoms with Crippen molar-refractivity contribution in [2.75, 3.05) is 0 Å². The van der Waals surface area contributed by atoms with E-state index >= 15 is 0 Å². The van der Waals surface area contributed by atoms with Gasteiger partial charge in [0.25, 0.3) is 0 Å². The Balaban J connectivity index is 1.51. The standard InChI is InChI=1S/C31H21F5/c1-2-3-4-5-20-6-11-23(27(32)17-20)13-8-22-9-14-24(28(33)18-22)12-7-21-10-15-26-25(16-21)19-29(34)31(36)30(26)35/h6,9-11,14-19H,2-5H2,1H3. The van der Waals surface area contributed by atoms with Crippen LogP contribution in [-0.4, -0.2) is 0 Å². The molecule has 0 saturated heterocycles. The first-order valence-corrected chi connectivity index (χ1v) is 11.5. The third kappa shape index (κ3) is 5.75. The summed E-state index contributed by atoms with van der Waals surface area (Å²) in [6.45, 7) is 2.11. The second-order valence-electron chi connectivity index (χ2n) is 8.39. The fourth-order valence-corrected chi connectivity index (χ4v) is 3.75. The van der Waals surface area contributed by atoms with Crippen LogP contribution in [0.2, 0.25) is 0 Å². The topological polar surface area (TPSA) is 0 Å². The van der Waals surface area contributed by atoms with E-state index in [0.717, 1.165) is 37.3 Å². The van der Waals surface area contributed by atoms with Crippen LogP contribution < -0.4 is 0 Å². The summed E-state index contributed by atoms with van der Waals surface area (Å²) in [7, 11) is 0. The van der Waals surface area contributed by atoms with Gasteiger partial charge in [-0.1, -0.05) is 55.6 Å². The maximum absolute atomic E-state index is 14.6. The van der Waals surface area contributed by atoms with E-state index in [2.05, 4.69) is 30.6 Å². The number of unbranched alkanes of at least 4 members (excludes halogenated alkanes) is 2. The first-order valence-electron chi connectivity index (χ1n) is 11.5. The smallest absolute Gasteiger partial charge is 0.195 e. The van der Waals surface area contributed by atoms with Crippen molar-refractivity contribution in [3.63, 3.8) is 0 Å². The predicted octanol–water partition coefficient (Wildman–Crippen LogP) is 8.07. The molecule has 0 amide bonds. The van der Waals surface area contributed by atoms with Crippen LogP contribution in [0.15, 0.2) is 60.7 Å². The molecule has 0 aliphatic rings. The molecule has 0 heterocycles. The van der Waals surface area contributed by atoms with Crippen LogP contribution in [0, 0.1) is 52.8 Å². The summed E-state index contributed by atoms with van der Waals surface area (Å²) >= 11 is 0. The number of benzene rings is 4. The largest absolute Gasteiger partial charge is 0.206 e. The predicted molar refractivity (Wildman–Crippen MR) is 132 cm³/mol. The highest BCUT2D eigenvalue weighted by Gasteiger charge is 2.13. The molecule has 0 fully saturated rings. The van der Waals surface area contributed by atoms with Crippen molar-refractivity contribution in [3.05, 3.63) is 118 Å². The van der Waals surface area contributed by atoms with Crippen LogP contribution in [0.25, 0.3) is 10.8 Å². The molecule has 4 aromatic carbocycles. The number of hydrogen-bond acceptors (Lipinski definition) is 0. The third-order valence-corrected chi connectivity index (χ3v) is 5.73. The highest BCUT2D eigenvalue weighted by atomic mass is 19.2. The molecular weight excluding hydrogens is 467 g/mol. The number of rotatable bonds is 4. The number of halogens is 5. The van der Waals surface area contributed by atoms with Crippen LogP contribution in [0.1, 0.15) is 54.0 Å². The van der Waals surface area contributed by atoms with Crippen molar-refractivity contribution in [2.24, 2.45) is 0 Å². The molecule has 0 atom stereocenters. The quantitative estimate of drug-likeness (QED) is 0.118. The van der Waals surface area contributed by atoms with E-state index in [4.69, 9.17) is 0 Å². The maximum atomic E-state index is 14.6. The number of fused-ring (bicyclic) bond motifs is 1. The lowest BCUT2D eigenvalue weighted by molar-refractivity contribution is 0.453. The monoisotopic (exact) mass is 488 g/mol. The minimum absolute atomic E-state index is 0.0730. The molecule has 0 radical (unpaired) electrons. The molecule has 4 aromatic rings. The summed E-state index contributed by atoms with van der Waals surface area (Å²) in [4.78, 5) is 0. The zero-order chi connectivity index (χ0) is 25.7. The first kappa shape index (κ1) is 25.0. The van der Waals surface area contributed by atoms with E-state index < -0.39 is 29.1 Å². The average molecular weight is 488 g/mol. The van der Waals surface area contributed by atoms with Gasteiger partial charge in [0.2, 0.25) is 0 Å². The Morgan fingerprint density at radius 1 is 0.583 bits per heavy atom. The van der Waals surface area contributed by atoms with Crippen LogP contribution in [0.3, 0.4) is 0 Å². The summed E-state index contributed by atoms with van der Waals surface area (Å²) in [5.74, 6) is 5.82. The molecule has 0 unspecified atom stereocenters. The van der Waals surface area contributed by atoms with Gasteiger partial charge in [0.15, 0.2) is 17.5 Å². The van der Waals surface area contributed by atoms with E-state index in [1.54, 1.807) is 12.1 Å². The molecule has 0 spiro atoms. The fraction of sp³-hybridized carbons (Fsp3) is 0.161. The van der Waals surface area contributed by atoms with Gasteiger partial charge in [-0.25, -0.2) is 22.0 Å². The summed E-state index contributed by atoms with van der Waals surface area (Å²) in [5.41, 5.74) is 2.00. The fourth-order valence-electron chi connectivity index (χ4n) is 3.75. The molecule has 0 bridgehead atoms. The van der Waals surface area contributed by atoms with Gasteiger partial charge in [0, 0.05) is 16.5 Å². The Hall–Kier alpha value is -4.09. The summed E-state index contributed by atoms with van der Waals surface area (Å²) in [5, 5.41) is 0.0710. The SMILES string of the molecule is CCCCCc1ccc(C#Cc2ccc(C#Cc3ccc4c(F)c(F)c(F)cc4c3)c(F)c2)c(F)c1. The van der Waals surface area contributed by atoms with Gasteiger partial charge in [0.05, 0.1) is 11.1 Å². The van der Waals surface area contributed by atoms with Gasteiger partial charge in [-0.2, -0.15) is 0 Å². The van der Waals surface area contributed by atoms with Crippen LogP contribution in [0.5, 0.6) is 0 Å². The Morgan fingerprint density at radius 3 is 1.89 bits per heavy atom. The normalized spacial score (nSPS) is 10.5. The molecule has 5 heteroatoms. The second kappa shape index (κ2) is 11.1. The number of aryl methyl sites for hydroxylation is 1. The highest BCUT2D eigenvalue weighted by molar-refractivity contribution is 5.84. The van der Waals surface area contributed by atoms with Crippen LogP contribution >= 0.6 is 0 Å². The molecule has 36 heavy (non-hydrogen) atoms. The Morgan fingerprint density at radius 2 is 1.22 bits per heavy atom. The van der Waals surface area contributed by atoms with E-state index in [9.17, 15) is 22.0 Å². The zero-order valence-corrected chi connectivity index (χ0v) is 19.5. The van der Waals surface area contributed by atoms with Crippen LogP contribution in [-0.2, 0) is 6.42 Å². The lowest BCUT2D eigenvalue weighted by Gasteiger charge is -2.03. The van der Waals surface area contributed by atoms with Gasteiger partial charge in [0.1, 0.15) is 11.6 Å². The molecule has 180 valence electrons. The third-order valence-electron chi connectivity index (χ3n) is 5.73. The van der Waals surface area contributed by atoms with Gasteiger partial charge >= 0.3 is 0 Å². The molecule has 0 aliphatic carbocycles. The van der Waals surface area contributed by atoms with E-state index in [-0.39, 0.29) is 21.9 Å². The van der Waals surface area contributed by atoms with Crippen molar-refractivity contribution in [1.82, 2.24) is 0 Å². The Kier molecular flexibility index (Phi) is 7.71. The summed E-state index contributed by atoms with van der Waals surface area (Å²) < 4.78 is 69.7. The number of hydrogen-bond donors (Lipinski definition) is 0. The minimum atomic E-state index is -1.53. The maximum Gasteiger partial charge on any atom is 0.195 e. The highest BCUT2D eigenvalue weighted by Crippen LogP contribution is 2.24. The molecule has 4 rings (SSSR count). The van der Waals surface area contributed by atoms with E-state index in [0.29, 0.717) is 11.1 Å². The summed E-state index contributed by atoms with van der Waals surface area (Å²) in [6, 6.07) is 14.2. The Bertz CT molecular complexity index is 1560. The molecular formula is C31H21F5. The van der Waals surface area contributed by atoms with Crippen molar-refractivity contribution in [3.8, 4) is 23.7 Å². The Labute approximate surface area is 206 Å². The van der Waals surface area contributed by atoms with Gasteiger partial charge in [-0.15, -0.1) is 0 Å². The lowest BCUT2D eigenvalue weighted by Crippen LogP contribution is -1.92. The van der Waals surface area contributed by atoms with Gasteiger partial charge < -0.3 is 0 Å². The minimum Gasteiger partial charge on any atom is -0.206 e. The van der Waals surface area contributed by atoms with Crippen molar-refractivity contribution in [1.29, 1.82) is 0 Å². The van der Waals surface area contributed by atoms with Gasteiger partial charge in [-0.3, -0.25) is 0 Å². The van der Waals surface area contributed by atoms with Crippen molar-refractivity contribution >= 4 is 10.8 Å². The second-order valence-corrected chi connectivity index (χ2v) is 8.39. The molecule has 0 aliphatic heterocycles. The van der Waals surface area contributed by atoms with E-state index in [1.165, 1.54) is 36.4 Å². The molecule has 0 saturated carbocycles. The zero-order valence-electron chi connectivity index (χ0n) is 19.5. The molecule has 0 aromatic heterocycles. The first-order chi connectivity index (χ1) is 17.4. The van der Waals surface area contributed by atoms with Crippen LogP contribution in [0.4, 0.5) is 22.0 Å². The van der Waals surface area contributed by atoms with E-state index in [1.807, 2.05) is 6.07 Å². The average Bonchev–Trinajstić information content (AvgIpc) is 2.86. The summed E-state index contributed by atoms with van der Waals surface area (Å²) in [6.07, 6.45) is 4.02. The molecule has 0 nitrogen and oxygen atoms in total. The molecule has 0 N–H and O–H groups in total. The van der Waals surface area contributed by atoms with Crippen molar-refractivity contribution in [2.45, 2.75) is 32.6 Å². The van der Waals surface area contributed by atoms with Crippen molar-refractivity contribution < 1.29 is 22.0 Å².